The van der Waals surface area contributed by atoms with Gasteiger partial charge in [-0.25, -0.2) is 0 Å². The number of nitrogens with zero attached hydrogens (tertiary/aromatic N) is 1. The number of pyridine rings is 1. The largest absolute Gasteiger partial charge is 0.368 e. The van der Waals surface area contributed by atoms with Crippen molar-refractivity contribution in [3.63, 3.8) is 0 Å². The maximum atomic E-state index is 5.91. The molecule has 3 nitrogen and oxygen atoms in total. The van der Waals surface area contributed by atoms with Crippen LogP contribution >= 0.6 is 0 Å². The molecule has 1 unspecified atom stereocenters. The number of aromatic nitrogens is 1. The summed E-state index contributed by atoms with van der Waals surface area (Å²) in [6.45, 7) is 6.61. The fourth-order valence-electron chi connectivity index (χ4n) is 2.13. The molecule has 0 saturated heterocycles. The first-order valence-electron chi connectivity index (χ1n) is 7.61. The first-order valence-corrected chi connectivity index (χ1v) is 7.61. The van der Waals surface area contributed by atoms with Gasteiger partial charge in [-0.3, -0.25) is 4.98 Å². The normalized spacial score (nSPS) is 12.3. The summed E-state index contributed by atoms with van der Waals surface area (Å²) in [7, 11) is 0. The van der Waals surface area contributed by atoms with Gasteiger partial charge < -0.3 is 10.1 Å². The maximum Gasteiger partial charge on any atom is 0.0896 e. The topological polar surface area (TPSA) is 34.1 Å². The highest BCUT2D eigenvalue weighted by atomic mass is 16.5. The standard InChI is InChI=1S/C18H24N2O/c1-3-12-19-13-17-10-7-11-18(20-17)14-21-15(2)16-8-5-4-6-9-16/h4-11,15,19H,3,12-14H2,1-2H3. The lowest BCUT2D eigenvalue weighted by Crippen LogP contribution is -2.15. The molecule has 2 rings (SSSR count). The van der Waals surface area contributed by atoms with Gasteiger partial charge >= 0.3 is 0 Å². The summed E-state index contributed by atoms with van der Waals surface area (Å²) in [6.07, 6.45) is 1.21. The number of hydrogen-bond donors (Lipinski definition) is 1. The molecule has 1 aromatic heterocycles. The van der Waals surface area contributed by atoms with Crippen molar-refractivity contribution in [2.45, 2.75) is 39.5 Å². The SMILES string of the molecule is CCCNCc1cccc(COC(C)c2ccccc2)n1. The first-order chi connectivity index (χ1) is 10.3. The van der Waals surface area contributed by atoms with Gasteiger partial charge in [0.05, 0.1) is 24.1 Å². The molecule has 3 heteroatoms. The highest BCUT2D eigenvalue weighted by Gasteiger charge is 2.06. The number of ether oxygens (including phenoxy) is 1. The molecule has 0 aliphatic rings. The second kappa shape index (κ2) is 8.55. The molecule has 21 heavy (non-hydrogen) atoms. The lowest BCUT2D eigenvalue weighted by Gasteiger charge is -2.13. The van der Waals surface area contributed by atoms with Gasteiger partial charge in [-0.2, -0.15) is 0 Å². The zero-order chi connectivity index (χ0) is 14.9. The van der Waals surface area contributed by atoms with Crippen LogP contribution in [0.2, 0.25) is 0 Å². The van der Waals surface area contributed by atoms with Crippen molar-refractivity contribution in [1.82, 2.24) is 10.3 Å². The minimum absolute atomic E-state index is 0.0786. The molecule has 0 saturated carbocycles. The first kappa shape index (κ1) is 15.7. The molecule has 0 aliphatic heterocycles. The van der Waals surface area contributed by atoms with Crippen LogP contribution in [-0.2, 0) is 17.9 Å². The Morgan fingerprint density at radius 3 is 2.57 bits per heavy atom. The number of rotatable bonds is 8. The van der Waals surface area contributed by atoms with E-state index >= 15 is 0 Å². The van der Waals surface area contributed by atoms with Gasteiger partial charge in [0, 0.05) is 6.54 Å². The zero-order valence-corrected chi connectivity index (χ0v) is 12.9. The van der Waals surface area contributed by atoms with Crippen LogP contribution in [0.5, 0.6) is 0 Å². The quantitative estimate of drug-likeness (QED) is 0.747. The predicted octanol–water partition coefficient (Wildman–Crippen LogP) is 3.86. The van der Waals surface area contributed by atoms with Crippen molar-refractivity contribution >= 4 is 0 Å². The third kappa shape index (κ3) is 5.29. The van der Waals surface area contributed by atoms with Gasteiger partial charge in [-0.15, -0.1) is 0 Å². The van der Waals surface area contributed by atoms with Crippen molar-refractivity contribution < 1.29 is 4.74 Å². The average Bonchev–Trinajstić information content (AvgIpc) is 2.54. The third-order valence-electron chi connectivity index (χ3n) is 3.35. The summed E-state index contributed by atoms with van der Waals surface area (Å²) in [6, 6.07) is 16.4. The molecule has 1 heterocycles. The number of nitrogens with one attached hydrogen (secondary N) is 1. The maximum absolute atomic E-state index is 5.91. The smallest absolute Gasteiger partial charge is 0.0896 e. The van der Waals surface area contributed by atoms with Crippen molar-refractivity contribution in [2.24, 2.45) is 0 Å². The highest BCUT2D eigenvalue weighted by Crippen LogP contribution is 2.17. The second-order valence-electron chi connectivity index (χ2n) is 5.16. The molecular weight excluding hydrogens is 260 g/mol. The molecule has 0 spiro atoms. The molecule has 0 aliphatic carbocycles. The van der Waals surface area contributed by atoms with Crippen molar-refractivity contribution in [3.05, 3.63) is 65.5 Å². The molecule has 0 radical (unpaired) electrons. The minimum atomic E-state index is 0.0786. The molecule has 1 aromatic carbocycles. The molecule has 0 fully saturated rings. The summed E-state index contributed by atoms with van der Waals surface area (Å²) < 4.78 is 5.91. The van der Waals surface area contributed by atoms with Gasteiger partial charge in [-0.05, 0) is 37.6 Å². The fourth-order valence-corrected chi connectivity index (χ4v) is 2.13. The Kier molecular flexibility index (Phi) is 6.38. The second-order valence-corrected chi connectivity index (χ2v) is 5.16. The van der Waals surface area contributed by atoms with E-state index in [0.717, 1.165) is 30.9 Å². The summed E-state index contributed by atoms with van der Waals surface area (Å²) in [5.41, 5.74) is 3.24. The lowest BCUT2D eigenvalue weighted by molar-refractivity contribution is 0.0504. The zero-order valence-electron chi connectivity index (χ0n) is 12.9. The van der Waals surface area contributed by atoms with E-state index in [9.17, 15) is 0 Å². The van der Waals surface area contributed by atoms with E-state index in [1.54, 1.807) is 0 Å². The van der Waals surface area contributed by atoms with E-state index in [2.05, 4.69) is 36.3 Å². The average molecular weight is 284 g/mol. The van der Waals surface area contributed by atoms with Crippen LogP contribution in [0.25, 0.3) is 0 Å². The summed E-state index contributed by atoms with van der Waals surface area (Å²) in [4.78, 5) is 4.62. The van der Waals surface area contributed by atoms with E-state index in [-0.39, 0.29) is 6.10 Å². The Morgan fingerprint density at radius 2 is 1.81 bits per heavy atom. The van der Waals surface area contributed by atoms with Gasteiger partial charge in [0.1, 0.15) is 0 Å². The number of benzene rings is 1. The van der Waals surface area contributed by atoms with Gasteiger partial charge in [0.15, 0.2) is 0 Å². The lowest BCUT2D eigenvalue weighted by atomic mass is 10.1. The molecule has 0 bridgehead atoms. The molecule has 2 aromatic rings. The van der Waals surface area contributed by atoms with Crippen LogP contribution in [0.15, 0.2) is 48.5 Å². The van der Waals surface area contributed by atoms with E-state index in [1.807, 2.05) is 36.4 Å². The predicted molar refractivity (Wildman–Crippen MR) is 85.9 cm³/mol. The highest BCUT2D eigenvalue weighted by molar-refractivity contribution is 5.17. The van der Waals surface area contributed by atoms with Gasteiger partial charge in [0.25, 0.3) is 0 Å². The van der Waals surface area contributed by atoms with Crippen LogP contribution < -0.4 is 5.32 Å². The molecule has 112 valence electrons. The summed E-state index contributed by atoms with van der Waals surface area (Å²) >= 11 is 0. The van der Waals surface area contributed by atoms with Gasteiger partial charge in [0.2, 0.25) is 0 Å². The molecule has 0 amide bonds. The van der Waals surface area contributed by atoms with Crippen LogP contribution in [0.1, 0.15) is 43.3 Å². The van der Waals surface area contributed by atoms with E-state index in [0.29, 0.717) is 6.61 Å². The van der Waals surface area contributed by atoms with E-state index in [1.165, 1.54) is 5.56 Å². The van der Waals surface area contributed by atoms with Crippen LogP contribution in [0.4, 0.5) is 0 Å². The van der Waals surface area contributed by atoms with E-state index in [4.69, 9.17) is 4.74 Å². The van der Waals surface area contributed by atoms with Crippen LogP contribution in [0, 0.1) is 0 Å². The van der Waals surface area contributed by atoms with Crippen LogP contribution in [0.3, 0.4) is 0 Å². The Labute approximate surface area is 127 Å². The van der Waals surface area contributed by atoms with Crippen molar-refractivity contribution in [2.75, 3.05) is 6.54 Å². The molecule has 1 atom stereocenters. The van der Waals surface area contributed by atoms with Crippen molar-refractivity contribution in [1.29, 1.82) is 0 Å². The Morgan fingerprint density at radius 1 is 1.05 bits per heavy atom. The molecule has 1 N–H and O–H groups in total. The third-order valence-corrected chi connectivity index (χ3v) is 3.35. The van der Waals surface area contributed by atoms with Gasteiger partial charge in [-0.1, -0.05) is 43.3 Å². The van der Waals surface area contributed by atoms with Crippen molar-refractivity contribution in [3.8, 4) is 0 Å². The monoisotopic (exact) mass is 284 g/mol. The summed E-state index contributed by atoms with van der Waals surface area (Å²) in [5.74, 6) is 0. The number of hydrogen-bond acceptors (Lipinski definition) is 3. The minimum Gasteiger partial charge on any atom is -0.368 e. The Hall–Kier alpha value is -1.71. The Balaban J connectivity index is 1.86. The fraction of sp³-hybridized carbons (Fsp3) is 0.389. The summed E-state index contributed by atoms with van der Waals surface area (Å²) in [5, 5.41) is 3.37. The Bertz CT molecular complexity index is 528. The van der Waals surface area contributed by atoms with E-state index < -0.39 is 0 Å². The molecular formula is C18H24N2O. The van der Waals surface area contributed by atoms with Crippen LogP contribution in [-0.4, -0.2) is 11.5 Å².